The number of piperidine rings is 1. The lowest BCUT2D eigenvalue weighted by Gasteiger charge is -2.45. The fraction of sp³-hybridized carbons (Fsp3) is 0.500. The monoisotopic (exact) mass is 529 g/mol. The molecule has 10 heteroatoms. The second-order valence-electron chi connectivity index (χ2n) is 10.1. The second kappa shape index (κ2) is 10.3. The predicted octanol–water partition coefficient (Wildman–Crippen LogP) is 6.08. The van der Waals surface area contributed by atoms with Crippen molar-refractivity contribution < 1.29 is 13.9 Å². The Morgan fingerprint density at radius 2 is 1.86 bits per heavy atom. The van der Waals surface area contributed by atoms with E-state index in [2.05, 4.69) is 15.6 Å². The Balaban J connectivity index is 1.24. The van der Waals surface area contributed by atoms with Crippen LogP contribution < -0.4 is 10.6 Å². The number of rotatable bonds is 6. The molecule has 0 radical (unpaired) electrons. The fourth-order valence-electron chi connectivity index (χ4n) is 5.54. The molecule has 8 nitrogen and oxygen atoms in total. The van der Waals surface area contributed by atoms with Crippen LogP contribution in [0.2, 0.25) is 0 Å². The van der Waals surface area contributed by atoms with E-state index < -0.39 is 16.3 Å². The lowest BCUT2D eigenvalue weighted by atomic mass is 9.88. The zero-order chi connectivity index (χ0) is 25.3. The van der Waals surface area contributed by atoms with Gasteiger partial charge in [0.25, 0.3) is 5.91 Å². The fourth-order valence-corrected chi connectivity index (χ4v) is 7.30. The molecular weight excluding hydrogens is 494 g/mol. The van der Waals surface area contributed by atoms with Crippen molar-refractivity contribution in [3.05, 3.63) is 45.8 Å². The van der Waals surface area contributed by atoms with Crippen LogP contribution in [0.3, 0.4) is 0 Å². The number of aliphatic imine (C=N–C) groups is 1. The average Bonchev–Trinajstić information content (AvgIpc) is 3.47. The number of amides is 1. The number of thiazole rings is 1. The number of hydrogen-bond acceptors (Lipinski definition) is 8. The quantitative estimate of drug-likeness (QED) is 0.361. The summed E-state index contributed by atoms with van der Waals surface area (Å²) in [5, 5.41) is 10.6. The Labute approximate surface area is 218 Å². The number of amidine groups is 1. The number of aryl methyl sites for hydroxylation is 2. The summed E-state index contributed by atoms with van der Waals surface area (Å²) in [6, 6.07) is 4.07. The van der Waals surface area contributed by atoms with Gasteiger partial charge in [-0.2, -0.15) is 0 Å². The van der Waals surface area contributed by atoms with Crippen molar-refractivity contribution in [1.29, 1.82) is 0 Å². The van der Waals surface area contributed by atoms with Gasteiger partial charge in [0.05, 0.1) is 0 Å². The minimum Gasteiger partial charge on any atom is -0.332 e. The zero-order valence-corrected chi connectivity index (χ0v) is 22.5. The summed E-state index contributed by atoms with van der Waals surface area (Å²) in [6.07, 6.45) is 10.4. The summed E-state index contributed by atoms with van der Waals surface area (Å²) >= 11 is 1.54. The number of anilines is 2. The van der Waals surface area contributed by atoms with Gasteiger partial charge in [0.15, 0.2) is 5.13 Å². The predicted molar refractivity (Wildman–Crippen MR) is 149 cm³/mol. The van der Waals surface area contributed by atoms with Gasteiger partial charge in [-0.3, -0.25) is 18.9 Å². The highest BCUT2D eigenvalue weighted by molar-refractivity contribution is 8.24. The number of carbonyl (C=O) groups excluding carboxylic acids is 1. The van der Waals surface area contributed by atoms with Crippen molar-refractivity contribution >= 4 is 50.8 Å². The van der Waals surface area contributed by atoms with Crippen molar-refractivity contribution in [2.24, 2.45) is 10.9 Å². The molecule has 1 saturated heterocycles. The molecule has 194 valence electrons. The number of benzene rings is 1. The van der Waals surface area contributed by atoms with E-state index in [1.165, 1.54) is 36.0 Å². The maximum atomic E-state index is 12.9. The standard InChI is InChI=1S/C26H35N5O3S2/c1-18-16-21(28-25-27-11-14-35-25)17-19(2)22(18)8-15-36(33,34)31-12-9-26(10-13-31)24(32)29-23(30-26)20-6-4-3-5-7-20/h8,11,14-17,20,33-34H,3-7,9-10,12-13H2,1-2H3,(H,27,28)(H,29,30,32)/b15-8+. The zero-order valence-electron chi connectivity index (χ0n) is 20.9. The van der Waals surface area contributed by atoms with Crippen LogP contribution in [-0.4, -0.2) is 48.8 Å². The molecule has 1 amide bonds. The van der Waals surface area contributed by atoms with Gasteiger partial charge in [-0.15, -0.1) is 22.1 Å². The molecule has 0 unspecified atom stereocenters. The van der Waals surface area contributed by atoms with Crippen molar-refractivity contribution in [2.45, 2.75) is 64.3 Å². The molecule has 1 spiro atoms. The maximum absolute atomic E-state index is 12.9. The van der Waals surface area contributed by atoms with Crippen molar-refractivity contribution in [3.8, 4) is 0 Å². The van der Waals surface area contributed by atoms with Crippen molar-refractivity contribution in [2.75, 3.05) is 18.4 Å². The van der Waals surface area contributed by atoms with Crippen molar-refractivity contribution in [3.63, 3.8) is 0 Å². The van der Waals surface area contributed by atoms with Gasteiger partial charge in [0.1, 0.15) is 11.4 Å². The first-order valence-electron chi connectivity index (χ1n) is 12.7. The Morgan fingerprint density at radius 1 is 1.17 bits per heavy atom. The Morgan fingerprint density at radius 3 is 2.50 bits per heavy atom. The van der Waals surface area contributed by atoms with Gasteiger partial charge in [-0.05, 0) is 74.4 Å². The summed E-state index contributed by atoms with van der Waals surface area (Å²) in [6.45, 7) is 4.85. The Bertz CT molecular complexity index is 1140. The summed E-state index contributed by atoms with van der Waals surface area (Å²) in [7, 11) is -3.12. The lowest BCUT2D eigenvalue weighted by molar-refractivity contribution is -0.125. The largest absolute Gasteiger partial charge is 0.332 e. The van der Waals surface area contributed by atoms with E-state index in [-0.39, 0.29) is 5.91 Å². The molecule has 0 atom stereocenters. The second-order valence-corrected chi connectivity index (χ2v) is 12.9. The SMILES string of the molecule is Cc1cc(Nc2nccs2)cc(C)c1/C=C/S(O)(O)N1CCC2(CC1)N=C(C1CCCCC1)NC2=O. The molecule has 2 aromatic rings. The first-order valence-corrected chi connectivity index (χ1v) is 15.1. The first-order chi connectivity index (χ1) is 17.3. The van der Waals surface area contributed by atoms with Crippen LogP contribution in [0.25, 0.3) is 6.08 Å². The molecule has 5 rings (SSSR count). The van der Waals surface area contributed by atoms with Gasteiger partial charge in [-0.25, -0.2) is 9.29 Å². The molecule has 0 bridgehead atoms. The normalized spacial score (nSPS) is 21.7. The minimum absolute atomic E-state index is 0.0209. The van der Waals surface area contributed by atoms with Crippen LogP contribution in [0.4, 0.5) is 10.8 Å². The molecule has 1 aromatic heterocycles. The highest BCUT2D eigenvalue weighted by Gasteiger charge is 2.48. The average molecular weight is 530 g/mol. The Kier molecular flexibility index (Phi) is 7.24. The topological polar surface area (TPSA) is 110 Å². The summed E-state index contributed by atoms with van der Waals surface area (Å²) in [5.74, 6) is 1.20. The number of nitrogens with zero attached hydrogens (tertiary/aromatic N) is 3. The van der Waals surface area contributed by atoms with Crippen LogP contribution in [0, 0.1) is 19.8 Å². The summed E-state index contributed by atoms with van der Waals surface area (Å²) < 4.78 is 23.7. The summed E-state index contributed by atoms with van der Waals surface area (Å²) in [5.41, 5.74) is 3.23. The molecule has 36 heavy (non-hydrogen) atoms. The molecule has 2 aliphatic heterocycles. The van der Waals surface area contributed by atoms with E-state index in [1.807, 2.05) is 31.4 Å². The number of carbonyl (C=O) groups is 1. The van der Waals surface area contributed by atoms with Crippen LogP contribution in [0.5, 0.6) is 0 Å². The van der Waals surface area contributed by atoms with E-state index in [9.17, 15) is 13.9 Å². The van der Waals surface area contributed by atoms with E-state index >= 15 is 0 Å². The lowest BCUT2D eigenvalue weighted by Crippen LogP contribution is -2.49. The molecule has 3 heterocycles. The minimum atomic E-state index is -3.12. The number of aromatic nitrogens is 1. The molecular formula is C26H35N5O3S2. The van der Waals surface area contributed by atoms with Gasteiger partial charge in [0, 0.05) is 41.7 Å². The third-order valence-electron chi connectivity index (χ3n) is 7.61. The van der Waals surface area contributed by atoms with E-state index in [0.717, 1.165) is 46.2 Å². The molecule has 1 aromatic carbocycles. The number of nitrogens with one attached hydrogen (secondary N) is 2. The smallest absolute Gasteiger partial charge is 0.253 e. The van der Waals surface area contributed by atoms with Crippen LogP contribution in [0.15, 0.2) is 34.1 Å². The molecule has 1 saturated carbocycles. The third-order valence-corrected chi connectivity index (χ3v) is 9.93. The van der Waals surface area contributed by atoms with Crippen LogP contribution in [-0.2, 0) is 4.79 Å². The van der Waals surface area contributed by atoms with E-state index in [4.69, 9.17) is 4.99 Å². The van der Waals surface area contributed by atoms with E-state index in [0.29, 0.717) is 31.8 Å². The van der Waals surface area contributed by atoms with E-state index in [1.54, 1.807) is 16.6 Å². The third kappa shape index (κ3) is 5.24. The summed E-state index contributed by atoms with van der Waals surface area (Å²) in [4.78, 5) is 22.1. The van der Waals surface area contributed by atoms with Crippen molar-refractivity contribution in [1.82, 2.24) is 14.6 Å². The molecule has 4 N–H and O–H groups in total. The Hall–Kier alpha value is -2.24. The highest BCUT2D eigenvalue weighted by Crippen LogP contribution is 2.49. The van der Waals surface area contributed by atoms with Gasteiger partial charge >= 0.3 is 0 Å². The van der Waals surface area contributed by atoms with Crippen LogP contribution in [0.1, 0.15) is 61.6 Å². The maximum Gasteiger partial charge on any atom is 0.253 e. The highest BCUT2D eigenvalue weighted by atomic mass is 32.3. The molecule has 2 fully saturated rings. The van der Waals surface area contributed by atoms with Crippen LogP contribution >= 0.6 is 22.1 Å². The van der Waals surface area contributed by atoms with Gasteiger partial charge in [0.2, 0.25) is 0 Å². The first kappa shape index (κ1) is 25.4. The van der Waals surface area contributed by atoms with Gasteiger partial charge in [-0.1, -0.05) is 19.3 Å². The van der Waals surface area contributed by atoms with Gasteiger partial charge < -0.3 is 10.6 Å². The number of hydrogen-bond donors (Lipinski definition) is 4. The molecule has 1 aliphatic carbocycles. The molecule has 3 aliphatic rings.